The molecule has 0 spiro atoms. The molecule has 0 aromatic carbocycles. The lowest BCUT2D eigenvalue weighted by atomic mass is 10.3. The highest BCUT2D eigenvalue weighted by molar-refractivity contribution is 4.65. The quantitative estimate of drug-likeness (QED) is 0.377. The highest BCUT2D eigenvalue weighted by Crippen LogP contribution is 1.94. The maximum absolute atomic E-state index is 8.57. The van der Waals surface area contributed by atoms with Gasteiger partial charge in [0.05, 0.1) is 6.61 Å². The van der Waals surface area contributed by atoms with Gasteiger partial charge in [-0.05, 0) is 6.42 Å². The van der Waals surface area contributed by atoms with Gasteiger partial charge in [-0.25, -0.2) is 0 Å². The van der Waals surface area contributed by atoms with Crippen molar-refractivity contribution in [2.24, 2.45) is 0 Å². The number of ether oxygens (including phenoxy) is 1. The van der Waals surface area contributed by atoms with Crippen LogP contribution >= 0.6 is 0 Å². The Labute approximate surface area is 79.2 Å². The van der Waals surface area contributed by atoms with Gasteiger partial charge in [-0.2, -0.15) is 0 Å². The second kappa shape index (κ2) is 8.19. The third-order valence-corrected chi connectivity index (χ3v) is 1.56. The molecule has 0 fully saturated rings. The molecule has 3 N–H and O–H groups in total. The van der Waals surface area contributed by atoms with Gasteiger partial charge in [0.1, 0.15) is 6.23 Å². The van der Waals surface area contributed by atoms with Crippen molar-refractivity contribution < 1.29 is 14.9 Å². The Morgan fingerprint density at radius 1 is 1.54 bits per heavy atom. The minimum Gasteiger partial charge on any atom is -0.368 e. The summed E-state index contributed by atoms with van der Waals surface area (Å²) in [5.41, 5.74) is 0. The van der Waals surface area contributed by atoms with Crippen LogP contribution in [0.15, 0.2) is 12.7 Å². The van der Waals surface area contributed by atoms with Gasteiger partial charge in [0.15, 0.2) is 6.29 Å². The van der Waals surface area contributed by atoms with Crippen LogP contribution in [0.3, 0.4) is 0 Å². The van der Waals surface area contributed by atoms with E-state index < -0.39 is 6.29 Å². The van der Waals surface area contributed by atoms with Crippen LogP contribution in [0.5, 0.6) is 0 Å². The summed E-state index contributed by atoms with van der Waals surface area (Å²) in [6.45, 7) is 6.58. The molecular weight excluding hydrogens is 170 g/mol. The number of rotatable bonds is 8. The van der Waals surface area contributed by atoms with E-state index in [1.165, 1.54) is 0 Å². The SMILES string of the molecule is C=CCOC(CC)NCCC(O)O. The summed E-state index contributed by atoms with van der Waals surface area (Å²) in [7, 11) is 0. The largest absolute Gasteiger partial charge is 0.368 e. The fourth-order valence-corrected chi connectivity index (χ4v) is 0.879. The molecule has 0 heterocycles. The van der Waals surface area contributed by atoms with E-state index in [4.69, 9.17) is 14.9 Å². The molecular formula is C9H19NO3. The summed E-state index contributed by atoms with van der Waals surface area (Å²) in [5.74, 6) is 0. The zero-order valence-corrected chi connectivity index (χ0v) is 8.07. The van der Waals surface area contributed by atoms with E-state index >= 15 is 0 Å². The van der Waals surface area contributed by atoms with Crippen molar-refractivity contribution in [3.8, 4) is 0 Å². The van der Waals surface area contributed by atoms with E-state index in [9.17, 15) is 0 Å². The van der Waals surface area contributed by atoms with Gasteiger partial charge in [-0.15, -0.1) is 6.58 Å². The molecule has 0 aromatic rings. The number of hydrogen-bond acceptors (Lipinski definition) is 4. The van der Waals surface area contributed by atoms with E-state index in [0.717, 1.165) is 6.42 Å². The average Bonchev–Trinajstić information content (AvgIpc) is 2.10. The number of hydrogen-bond donors (Lipinski definition) is 3. The molecule has 0 saturated carbocycles. The smallest absolute Gasteiger partial charge is 0.152 e. The summed E-state index contributed by atoms with van der Waals surface area (Å²) in [6.07, 6.45) is 1.57. The van der Waals surface area contributed by atoms with Crippen LogP contribution in [0.25, 0.3) is 0 Å². The van der Waals surface area contributed by atoms with E-state index in [-0.39, 0.29) is 6.23 Å². The summed E-state index contributed by atoms with van der Waals surface area (Å²) in [6, 6.07) is 0. The summed E-state index contributed by atoms with van der Waals surface area (Å²) >= 11 is 0. The van der Waals surface area contributed by atoms with E-state index in [1.807, 2.05) is 6.92 Å². The number of aliphatic hydroxyl groups is 2. The Morgan fingerprint density at radius 2 is 2.23 bits per heavy atom. The second-order valence-corrected chi connectivity index (χ2v) is 2.74. The topological polar surface area (TPSA) is 61.7 Å². The summed E-state index contributed by atoms with van der Waals surface area (Å²) < 4.78 is 5.33. The first-order valence-corrected chi connectivity index (χ1v) is 4.52. The third kappa shape index (κ3) is 7.93. The highest BCUT2D eigenvalue weighted by atomic mass is 16.5. The maximum atomic E-state index is 8.57. The molecule has 0 radical (unpaired) electrons. The molecule has 1 atom stereocenters. The zero-order valence-electron chi connectivity index (χ0n) is 8.07. The zero-order chi connectivity index (χ0) is 10.1. The van der Waals surface area contributed by atoms with Crippen molar-refractivity contribution in [2.45, 2.75) is 32.3 Å². The minimum atomic E-state index is -1.25. The molecule has 78 valence electrons. The fourth-order valence-electron chi connectivity index (χ4n) is 0.879. The van der Waals surface area contributed by atoms with Crippen molar-refractivity contribution in [3.05, 3.63) is 12.7 Å². The average molecular weight is 189 g/mol. The lowest BCUT2D eigenvalue weighted by molar-refractivity contribution is -0.0481. The molecule has 4 heteroatoms. The lowest BCUT2D eigenvalue weighted by Crippen LogP contribution is -2.33. The Kier molecular flexibility index (Phi) is 7.93. The van der Waals surface area contributed by atoms with Gasteiger partial charge >= 0.3 is 0 Å². The molecule has 0 aliphatic carbocycles. The molecule has 0 aliphatic rings. The first-order chi connectivity index (χ1) is 6.20. The van der Waals surface area contributed by atoms with Crippen LogP contribution in [0.1, 0.15) is 19.8 Å². The van der Waals surface area contributed by atoms with Crippen molar-refractivity contribution in [2.75, 3.05) is 13.2 Å². The van der Waals surface area contributed by atoms with Crippen molar-refractivity contribution in [1.29, 1.82) is 0 Å². The van der Waals surface area contributed by atoms with Gasteiger partial charge in [0, 0.05) is 13.0 Å². The van der Waals surface area contributed by atoms with Crippen LogP contribution in [0.4, 0.5) is 0 Å². The van der Waals surface area contributed by atoms with Gasteiger partial charge in [-0.1, -0.05) is 13.0 Å². The lowest BCUT2D eigenvalue weighted by Gasteiger charge is -2.16. The molecule has 0 rings (SSSR count). The summed E-state index contributed by atoms with van der Waals surface area (Å²) in [4.78, 5) is 0. The van der Waals surface area contributed by atoms with Gasteiger partial charge in [0.2, 0.25) is 0 Å². The van der Waals surface area contributed by atoms with Crippen LogP contribution in [-0.4, -0.2) is 35.9 Å². The van der Waals surface area contributed by atoms with E-state index in [1.54, 1.807) is 6.08 Å². The highest BCUT2D eigenvalue weighted by Gasteiger charge is 2.04. The second-order valence-electron chi connectivity index (χ2n) is 2.74. The van der Waals surface area contributed by atoms with Crippen LogP contribution < -0.4 is 5.32 Å². The Balaban J connectivity index is 3.41. The van der Waals surface area contributed by atoms with Crippen molar-refractivity contribution in [3.63, 3.8) is 0 Å². The molecule has 0 amide bonds. The predicted octanol–water partition coefficient (Wildman–Crippen LogP) is 0.216. The molecule has 0 saturated heterocycles. The fraction of sp³-hybridized carbons (Fsp3) is 0.778. The normalized spacial score (nSPS) is 13.2. The third-order valence-electron chi connectivity index (χ3n) is 1.56. The predicted molar refractivity (Wildman–Crippen MR) is 51.1 cm³/mol. The first kappa shape index (κ1) is 12.6. The molecule has 0 aromatic heterocycles. The van der Waals surface area contributed by atoms with E-state index in [2.05, 4.69) is 11.9 Å². The van der Waals surface area contributed by atoms with Crippen molar-refractivity contribution in [1.82, 2.24) is 5.32 Å². The number of aliphatic hydroxyl groups excluding tert-OH is 1. The molecule has 13 heavy (non-hydrogen) atoms. The molecule has 0 bridgehead atoms. The number of nitrogens with one attached hydrogen (secondary N) is 1. The Morgan fingerprint density at radius 3 is 2.69 bits per heavy atom. The molecule has 1 unspecified atom stereocenters. The monoisotopic (exact) mass is 189 g/mol. The van der Waals surface area contributed by atoms with Gasteiger partial charge in [-0.3, -0.25) is 5.32 Å². The Hall–Kier alpha value is -0.420. The van der Waals surface area contributed by atoms with Crippen LogP contribution in [-0.2, 0) is 4.74 Å². The van der Waals surface area contributed by atoms with E-state index in [0.29, 0.717) is 19.6 Å². The molecule has 4 nitrogen and oxygen atoms in total. The van der Waals surface area contributed by atoms with Gasteiger partial charge in [0.25, 0.3) is 0 Å². The first-order valence-electron chi connectivity index (χ1n) is 4.52. The minimum absolute atomic E-state index is 0.0308. The van der Waals surface area contributed by atoms with Crippen LogP contribution in [0, 0.1) is 0 Å². The van der Waals surface area contributed by atoms with Crippen LogP contribution in [0.2, 0.25) is 0 Å². The summed E-state index contributed by atoms with van der Waals surface area (Å²) in [5, 5.41) is 20.2. The molecule has 0 aliphatic heterocycles. The Bertz CT molecular complexity index is 128. The maximum Gasteiger partial charge on any atom is 0.152 e. The van der Waals surface area contributed by atoms with Crippen molar-refractivity contribution >= 4 is 0 Å². The standard InChI is InChI=1S/C9H19NO3/c1-3-7-13-8(4-2)10-6-5-9(11)12/h3,8-12H,1,4-7H2,2H3. The van der Waals surface area contributed by atoms with Gasteiger partial charge < -0.3 is 14.9 Å².